The van der Waals surface area contributed by atoms with Gasteiger partial charge in [0.05, 0.1) is 5.92 Å². The predicted molar refractivity (Wildman–Crippen MR) is 58.6 cm³/mol. The number of rotatable bonds is 2. The van der Waals surface area contributed by atoms with Crippen LogP contribution in [0.2, 0.25) is 0 Å². The lowest BCUT2D eigenvalue weighted by molar-refractivity contribution is -0.139. The Bertz CT molecular complexity index is 357. The fourth-order valence-corrected chi connectivity index (χ4v) is 3.14. The van der Waals surface area contributed by atoms with Gasteiger partial charge in [0, 0.05) is 11.3 Å². The summed E-state index contributed by atoms with van der Waals surface area (Å²) in [5.74, 6) is -0.189. The van der Waals surface area contributed by atoms with E-state index in [1.807, 2.05) is 19.9 Å². The Hall–Kier alpha value is -0.770. The van der Waals surface area contributed by atoms with Crippen LogP contribution < -0.4 is 0 Å². The van der Waals surface area contributed by atoms with Gasteiger partial charge in [-0.3, -0.25) is 9.59 Å². The molecule has 2 atom stereocenters. The fraction of sp³-hybridized carbons (Fsp3) is 0.636. The van der Waals surface area contributed by atoms with Crippen molar-refractivity contribution < 1.29 is 14.7 Å². The third-order valence-electron chi connectivity index (χ3n) is 3.42. The average molecular weight is 226 g/mol. The predicted octanol–water partition coefficient (Wildman–Crippen LogP) is 1.93. The van der Waals surface area contributed by atoms with E-state index in [4.69, 9.17) is 5.11 Å². The summed E-state index contributed by atoms with van der Waals surface area (Å²) in [6.45, 7) is 3.89. The summed E-state index contributed by atoms with van der Waals surface area (Å²) in [7, 11) is 0. The molecule has 1 unspecified atom stereocenters. The SMILES string of the molecule is CC1(C)C(/C=C2/CCSC2=O)[C@H]1C(=O)O. The monoisotopic (exact) mass is 226 g/mol. The molecule has 1 saturated heterocycles. The summed E-state index contributed by atoms with van der Waals surface area (Å²) in [5.41, 5.74) is 0.633. The number of carboxylic acid groups (broad SMARTS) is 1. The maximum atomic E-state index is 11.4. The summed E-state index contributed by atoms with van der Waals surface area (Å²) >= 11 is 1.33. The van der Waals surface area contributed by atoms with E-state index in [1.165, 1.54) is 11.8 Å². The maximum Gasteiger partial charge on any atom is 0.307 e. The molecule has 1 N–H and O–H groups in total. The van der Waals surface area contributed by atoms with E-state index in [0.29, 0.717) is 0 Å². The van der Waals surface area contributed by atoms with Gasteiger partial charge in [0.2, 0.25) is 5.12 Å². The molecule has 3 nitrogen and oxygen atoms in total. The highest BCUT2D eigenvalue weighted by Crippen LogP contribution is 2.59. The Morgan fingerprint density at radius 1 is 1.60 bits per heavy atom. The fourth-order valence-electron chi connectivity index (χ4n) is 2.28. The summed E-state index contributed by atoms with van der Waals surface area (Å²) in [4.78, 5) is 22.3. The number of hydrogen-bond acceptors (Lipinski definition) is 3. The van der Waals surface area contributed by atoms with Crippen molar-refractivity contribution in [2.24, 2.45) is 17.3 Å². The number of carbonyl (C=O) groups is 2. The highest BCUT2D eigenvalue weighted by molar-refractivity contribution is 8.14. The van der Waals surface area contributed by atoms with Crippen molar-refractivity contribution in [1.29, 1.82) is 0 Å². The lowest BCUT2D eigenvalue weighted by Crippen LogP contribution is -2.03. The van der Waals surface area contributed by atoms with Crippen molar-refractivity contribution >= 4 is 22.8 Å². The number of hydrogen-bond donors (Lipinski definition) is 1. The maximum absolute atomic E-state index is 11.4. The first kappa shape index (κ1) is 10.7. The van der Waals surface area contributed by atoms with Crippen LogP contribution in [0.3, 0.4) is 0 Å². The highest BCUT2D eigenvalue weighted by atomic mass is 32.2. The van der Waals surface area contributed by atoms with Gasteiger partial charge in [-0.2, -0.15) is 0 Å². The lowest BCUT2D eigenvalue weighted by Gasteiger charge is -1.97. The third kappa shape index (κ3) is 1.71. The minimum absolute atomic E-state index is 0.0349. The molecule has 82 valence electrons. The molecule has 2 aliphatic rings. The van der Waals surface area contributed by atoms with Crippen LogP contribution in [0.5, 0.6) is 0 Å². The number of allylic oxidation sites excluding steroid dienone is 1. The van der Waals surface area contributed by atoms with Crippen molar-refractivity contribution in [3.63, 3.8) is 0 Å². The van der Waals surface area contributed by atoms with Crippen molar-refractivity contribution in [1.82, 2.24) is 0 Å². The minimum atomic E-state index is -0.750. The van der Waals surface area contributed by atoms with E-state index in [9.17, 15) is 9.59 Å². The Labute approximate surface area is 92.9 Å². The van der Waals surface area contributed by atoms with Gasteiger partial charge in [0.1, 0.15) is 0 Å². The average Bonchev–Trinajstić information content (AvgIpc) is 2.47. The molecule has 1 aliphatic heterocycles. The van der Waals surface area contributed by atoms with Gasteiger partial charge in [-0.1, -0.05) is 31.7 Å². The molecular weight excluding hydrogens is 212 g/mol. The Kier molecular flexibility index (Phi) is 2.41. The van der Waals surface area contributed by atoms with E-state index in [0.717, 1.165) is 17.7 Å². The standard InChI is InChI=1S/C11H14O3S/c1-11(2)7(8(11)9(12)13)5-6-3-4-15-10(6)14/h5,7-8H,3-4H2,1-2H3,(H,12,13)/b6-5-/t7?,8-/m0/s1. The first-order valence-corrected chi connectivity index (χ1v) is 6.04. The quantitative estimate of drug-likeness (QED) is 0.731. The molecule has 2 rings (SSSR count). The topological polar surface area (TPSA) is 54.4 Å². The summed E-state index contributed by atoms with van der Waals surface area (Å²) in [6.07, 6.45) is 2.68. The van der Waals surface area contributed by atoms with E-state index >= 15 is 0 Å². The van der Waals surface area contributed by atoms with Crippen molar-refractivity contribution in [2.75, 3.05) is 5.75 Å². The van der Waals surface area contributed by atoms with Crippen molar-refractivity contribution in [3.8, 4) is 0 Å². The van der Waals surface area contributed by atoms with Crippen molar-refractivity contribution in [2.45, 2.75) is 20.3 Å². The summed E-state index contributed by atoms with van der Waals surface area (Å²) < 4.78 is 0. The first-order valence-electron chi connectivity index (χ1n) is 5.05. The first-order chi connectivity index (χ1) is 6.94. The molecule has 1 heterocycles. The summed E-state index contributed by atoms with van der Waals surface area (Å²) in [6, 6.07) is 0. The third-order valence-corrected chi connectivity index (χ3v) is 4.36. The molecule has 1 saturated carbocycles. The van der Waals surface area contributed by atoms with Crippen LogP contribution in [-0.4, -0.2) is 21.9 Å². The van der Waals surface area contributed by atoms with Crippen molar-refractivity contribution in [3.05, 3.63) is 11.6 Å². The van der Waals surface area contributed by atoms with Crippen LogP contribution in [0.1, 0.15) is 20.3 Å². The summed E-state index contributed by atoms with van der Waals surface area (Å²) in [5, 5.41) is 9.11. The lowest BCUT2D eigenvalue weighted by atomic mass is 10.1. The van der Waals surface area contributed by atoms with Gasteiger partial charge < -0.3 is 5.11 Å². The zero-order chi connectivity index (χ0) is 11.2. The number of aliphatic carboxylic acids is 1. The van der Waals surface area contributed by atoms with Crippen LogP contribution >= 0.6 is 11.8 Å². The normalized spacial score (nSPS) is 35.9. The van der Waals surface area contributed by atoms with E-state index in [2.05, 4.69) is 0 Å². The molecule has 0 aromatic rings. The van der Waals surface area contributed by atoms with Gasteiger partial charge >= 0.3 is 5.97 Å². The molecule has 4 heteroatoms. The van der Waals surface area contributed by atoms with Gasteiger partial charge in [0.25, 0.3) is 0 Å². The van der Waals surface area contributed by atoms with Crippen LogP contribution in [0.15, 0.2) is 11.6 Å². The second-order valence-electron chi connectivity index (χ2n) is 4.74. The smallest absolute Gasteiger partial charge is 0.307 e. The van der Waals surface area contributed by atoms with Crippen LogP contribution in [0.4, 0.5) is 0 Å². The zero-order valence-corrected chi connectivity index (χ0v) is 9.63. The molecule has 2 fully saturated rings. The van der Waals surface area contributed by atoms with Crippen LogP contribution in [-0.2, 0) is 9.59 Å². The molecule has 0 aromatic heterocycles. The number of carboxylic acids is 1. The van der Waals surface area contributed by atoms with Crippen LogP contribution in [0, 0.1) is 17.3 Å². The van der Waals surface area contributed by atoms with Gasteiger partial charge in [-0.15, -0.1) is 0 Å². The molecule has 0 spiro atoms. The molecule has 0 aromatic carbocycles. The van der Waals surface area contributed by atoms with Gasteiger partial charge in [0.15, 0.2) is 0 Å². The minimum Gasteiger partial charge on any atom is -0.481 e. The number of thioether (sulfide) groups is 1. The molecule has 0 amide bonds. The number of carbonyl (C=O) groups excluding carboxylic acids is 1. The van der Waals surface area contributed by atoms with Crippen LogP contribution in [0.25, 0.3) is 0 Å². The second-order valence-corrected chi connectivity index (χ2v) is 5.81. The largest absolute Gasteiger partial charge is 0.481 e. The Morgan fingerprint density at radius 2 is 2.27 bits per heavy atom. The van der Waals surface area contributed by atoms with Gasteiger partial charge in [-0.25, -0.2) is 0 Å². The Balaban J connectivity index is 2.15. The Morgan fingerprint density at radius 3 is 2.67 bits per heavy atom. The van der Waals surface area contributed by atoms with Gasteiger partial charge in [-0.05, 0) is 17.8 Å². The molecule has 0 bridgehead atoms. The van der Waals surface area contributed by atoms with E-state index in [-0.39, 0.29) is 22.4 Å². The molecule has 1 aliphatic carbocycles. The second kappa shape index (κ2) is 3.37. The van der Waals surface area contributed by atoms with E-state index in [1.54, 1.807) is 0 Å². The molecule has 0 radical (unpaired) electrons. The molecular formula is C11H14O3S. The zero-order valence-electron chi connectivity index (χ0n) is 8.82. The van der Waals surface area contributed by atoms with E-state index < -0.39 is 5.97 Å². The molecule has 15 heavy (non-hydrogen) atoms. The highest BCUT2D eigenvalue weighted by Gasteiger charge is 2.61.